The molecule has 0 amide bonds. The van der Waals surface area contributed by atoms with E-state index in [1.807, 2.05) is 12.1 Å². The van der Waals surface area contributed by atoms with Crippen molar-refractivity contribution in [3.8, 4) is 11.5 Å². The van der Waals surface area contributed by atoms with Gasteiger partial charge in [0.15, 0.2) is 0 Å². The Morgan fingerprint density at radius 2 is 2.10 bits per heavy atom. The van der Waals surface area contributed by atoms with Crippen molar-refractivity contribution in [2.45, 2.75) is 24.8 Å². The van der Waals surface area contributed by atoms with Crippen molar-refractivity contribution < 1.29 is 9.47 Å². The average molecular weight is 412 g/mol. The minimum Gasteiger partial charge on any atom is -0.489 e. The lowest BCUT2D eigenvalue weighted by Gasteiger charge is -2.14. The maximum absolute atomic E-state index is 5.92. The molecule has 2 aromatic rings. The van der Waals surface area contributed by atoms with Gasteiger partial charge in [0.05, 0.1) is 4.47 Å². The molecular formula is C17H16Br2O2. The van der Waals surface area contributed by atoms with Gasteiger partial charge in [-0.2, -0.15) is 0 Å². The van der Waals surface area contributed by atoms with E-state index in [9.17, 15) is 0 Å². The summed E-state index contributed by atoms with van der Waals surface area (Å²) in [5, 5.41) is 0.840. The van der Waals surface area contributed by atoms with Crippen molar-refractivity contribution in [1.82, 2.24) is 0 Å². The fourth-order valence-electron chi connectivity index (χ4n) is 2.47. The van der Waals surface area contributed by atoms with Crippen molar-refractivity contribution in [2.24, 2.45) is 0 Å². The van der Waals surface area contributed by atoms with Crippen LogP contribution in [-0.4, -0.2) is 12.7 Å². The molecule has 4 heteroatoms. The van der Waals surface area contributed by atoms with E-state index in [1.54, 1.807) is 0 Å². The maximum Gasteiger partial charge on any atom is 0.137 e. The molecule has 1 atom stereocenters. The predicted octanol–water partition coefficient (Wildman–Crippen LogP) is 5.03. The van der Waals surface area contributed by atoms with Gasteiger partial charge in [-0.3, -0.25) is 0 Å². The van der Waals surface area contributed by atoms with Crippen molar-refractivity contribution in [3.05, 3.63) is 57.6 Å². The summed E-state index contributed by atoms with van der Waals surface area (Å²) in [5.74, 6) is 1.85. The summed E-state index contributed by atoms with van der Waals surface area (Å²) in [6.45, 7) is 2.66. The van der Waals surface area contributed by atoms with Crippen molar-refractivity contribution in [2.75, 3.05) is 6.61 Å². The smallest absolute Gasteiger partial charge is 0.137 e. The summed E-state index contributed by atoms with van der Waals surface area (Å²) in [6.07, 6.45) is 0.998. The van der Waals surface area contributed by atoms with Crippen molar-refractivity contribution >= 4 is 31.9 Å². The highest BCUT2D eigenvalue weighted by molar-refractivity contribution is 9.10. The Labute approximate surface area is 141 Å². The molecule has 1 unspecified atom stereocenters. The summed E-state index contributed by atoms with van der Waals surface area (Å²) >= 11 is 7.00. The third-order valence-electron chi connectivity index (χ3n) is 3.53. The average Bonchev–Trinajstić information content (AvgIpc) is 2.87. The summed E-state index contributed by atoms with van der Waals surface area (Å²) in [5.41, 5.74) is 3.76. The van der Waals surface area contributed by atoms with E-state index < -0.39 is 0 Å². The van der Waals surface area contributed by atoms with Crippen LogP contribution < -0.4 is 9.47 Å². The molecule has 1 aliphatic rings. The lowest BCUT2D eigenvalue weighted by Crippen LogP contribution is -2.22. The number of ether oxygens (including phenoxy) is 2. The number of hydrogen-bond donors (Lipinski definition) is 0. The second-order valence-corrected chi connectivity index (χ2v) is 6.68. The molecule has 0 saturated carbocycles. The molecule has 3 rings (SSSR count). The molecule has 0 N–H and O–H groups in total. The van der Waals surface area contributed by atoms with Gasteiger partial charge in [0, 0.05) is 11.8 Å². The lowest BCUT2D eigenvalue weighted by molar-refractivity contribution is 0.148. The molecule has 0 spiro atoms. The maximum atomic E-state index is 5.92. The SMILES string of the molecule is Cc1ccc2c(c1)CC(COc1ccc(CBr)cc1Br)O2. The van der Waals surface area contributed by atoms with Gasteiger partial charge in [-0.25, -0.2) is 0 Å². The van der Waals surface area contributed by atoms with Crippen molar-refractivity contribution in [1.29, 1.82) is 0 Å². The highest BCUT2D eigenvalue weighted by Gasteiger charge is 2.23. The Balaban J connectivity index is 1.62. The third kappa shape index (κ3) is 3.43. The summed E-state index contributed by atoms with van der Waals surface area (Å²) in [4.78, 5) is 0. The summed E-state index contributed by atoms with van der Waals surface area (Å²) < 4.78 is 12.8. The van der Waals surface area contributed by atoms with Crippen molar-refractivity contribution in [3.63, 3.8) is 0 Å². The van der Waals surface area contributed by atoms with Crippen LogP contribution in [0.4, 0.5) is 0 Å². The molecule has 0 aromatic heterocycles. The van der Waals surface area contributed by atoms with Crippen LogP contribution in [0, 0.1) is 6.92 Å². The van der Waals surface area contributed by atoms with E-state index >= 15 is 0 Å². The van der Waals surface area contributed by atoms with Gasteiger partial charge in [0.1, 0.15) is 24.2 Å². The molecule has 1 heterocycles. The fraction of sp³-hybridized carbons (Fsp3) is 0.294. The van der Waals surface area contributed by atoms with Crippen LogP contribution >= 0.6 is 31.9 Å². The highest BCUT2D eigenvalue weighted by Crippen LogP contribution is 2.31. The zero-order chi connectivity index (χ0) is 14.8. The monoisotopic (exact) mass is 410 g/mol. The van der Waals surface area contributed by atoms with Gasteiger partial charge >= 0.3 is 0 Å². The van der Waals surface area contributed by atoms with Gasteiger partial charge in [-0.1, -0.05) is 39.7 Å². The Kier molecular flexibility index (Phi) is 4.55. The minimum atomic E-state index is 0.0875. The molecule has 110 valence electrons. The van der Waals surface area contributed by atoms with E-state index in [4.69, 9.17) is 9.47 Å². The number of halogens is 2. The molecule has 21 heavy (non-hydrogen) atoms. The number of rotatable bonds is 4. The molecule has 0 bridgehead atoms. The second-order valence-electron chi connectivity index (χ2n) is 5.26. The normalized spacial score (nSPS) is 16.4. The first-order valence-corrected chi connectivity index (χ1v) is 8.80. The number of hydrogen-bond acceptors (Lipinski definition) is 2. The molecule has 2 nitrogen and oxygen atoms in total. The second kappa shape index (κ2) is 6.41. The lowest BCUT2D eigenvalue weighted by atomic mass is 10.1. The van der Waals surface area contributed by atoms with Crippen LogP contribution in [-0.2, 0) is 11.8 Å². The number of fused-ring (bicyclic) bond motifs is 1. The molecule has 0 aliphatic carbocycles. The van der Waals surface area contributed by atoms with E-state index in [0.29, 0.717) is 6.61 Å². The fourth-order valence-corrected chi connectivity index (χ4v) is 3.36. The number of aryl methyl sites for hydroxylation is 1. The molecule has 2 aromatic carbocycles. The molecule has 0 radical (unpaired) electrons. The zero-order valence-electron chi connectivity index (χ0n) is 11.7. The van der Waals surface area contributed by atoms with Crippen LogP contribution in [0.15, 0.2) is 40.9 Å². The number of alkyl halides is 1. The Morgan fingerprint density at radius 3 is 2.86 bits per heavy atom. The predicted molar refractivity (Wildman–Crippen MR) is 91.6 cm³/mol. The van der Waals surface area contributed by atoms with Gasteiger partial charge in [-0.05, 0) is 52.2 Å². The first-order chi connectivity index (χ1) is 10.2. The first-order valence-electron chi connectivity index (χ1n) is 6.89. The van der Waals surface area contributed by atoms with Crippen LogP contribution in [0.25, 0.3) is 0 Å². The molecule has 0 saturated heterocycles. The standard InChI is InChI=1S/C17H16Br2O2/c1-11-2-4-16-13(6-11)8-14(21-16)10-20-17-5-3-12(9-18)7-15(17)19/h2-7,14H,8-10H2,1H3. The first kappa shape index (κ1) is 14.9. The Morgan fingerprint density at radius 1 is 1.24 bits per heavy atom. The van der Waals surface area contributed by atoms with Gasteiger partial charge in [-0.15, -0.1) is 0 Å². The summed E-state index contributed by atoms with van der Waals surface area (Å²) in [6, 6.07) is 12.4. The van der Waals surface area contributed by atoms with Gasteiger partial charge in [0.25, 0.3) is 0 Å². The van der Waals surface area contributed by atoms with E-state index in [-0.39, 0.29) is 6.10 Å². The third-order valence-corrected chi connectivity index (χ3v) is 4.80. The Hall–Kier alpha value is -1.000. The van der Waals surface area contributed by atoms with E-state index in [2.05, 4.69) is 63.0 Å². The molecule has 1 aliphatic heterocycles. The molecular weight excluding hydrogens is 396 g/mol. The molecule has 0 fully saturated rings. The zero-order valence-corrected chi connectivity index (χ0v) is 14.9. The van der Waals surface area contributed by atoms with E-state index in [1.165, 1.54) is 16.7 Å². The minimum absolute atomic E-state index is 0.0875. The van der Waals surface area contributed by atoms with Gasteiger partial charge < -0.3 is 9.47 Å². The topological polar surface area (TPSA) is 18.5 Å². The largest absolute Gasteiger partial charge is 0.489 e. The van der Waals surface area contributed by atoms with Crippen LogP contribution in [0.2, 0.25) is 0 Å². The summed E-state index contributed by atoms with van der Waals surface area (Å²) in [7, 11) is 0. The van der Waals surface area contributed by atoms with Crippen LogP contribution in [0.3, 0.4) is 0 Å². The Bertz CT molecular complexity index is 655. The van der Waals surface area contributed by atoms with E-state index in [0.717, 1.165) is 27.7 Å². The van der Waals surface area contributed by atoms with Crippen LogP contribution in [0.5, 0.6) is 11.5 Å². The van der Waals surface area contributed by atoms with Gasteiger partial charge in [0.2, 0.25) is 0 Å². The highest BCUT2D eigenvalue weighted by atomic mass is 79.9. The van der Waals surface area contributed by atoms with Crippen LogP contribution in [0.1, 0.15) is 16.7 Å². The number of benzene rings is 2. The quantitative estimate of drug-likeness (QED) is 0.656.